The van der Waals surface area contributed by atoms with Gasteiger partial charge in [0.05, 0.1) is 32.9 Å². The Balaban J connectivity index is 1.37. The van der Waals surface area contributed by atoms with Crippen molar-refractivity contribution in [1.82, 2.24) is 25.1 Å². The molecule has 9 heteroatoms. The number of methoxy groups -OCH3 is 2. The molecule has 2 atom stereocenters. The number of anilines is 1. The molecule has 0 unspecified atom stereocenters. The molecule has 9 nitrogen and oxygen atoms in total. The standard InChI is InChI=1S/C25H32N6O3/c1-32-21-9-5-19(6-10-21)24(25-26-27-28-31(25)18-23-4-3-17-34-23)30-15-13-29(14-16-30)20-7-11-22(33-2)12-8-20/h5-12,23-24H,3-4,13-18H2,1-2H3/t23-,24+/m0/s1. The van der Waals surface area contributed by atoms with Crippen LogP contribution in [0.1, 0.15) is 30.3 Å². The second-order valence-corrected chi connectivity index (χ2v) is 8.75. The SMILES string of the molecule is COc1ccc([C@H](c2nnnn2C[C@@H]2CCCO2)N2CCN(c3ccc(OC)cc3)CC2)cc1. The molecule has 34 heavy (non-hydrogen) atoms. The first kappa shape index (κ1) is 22.6. The summed E-state index contributed by atoms with van der Waals surface area (Å²) < 4.78 is 18.5. The first-order valence-electron chi connectivity index (χ1n) is 11.9. The fraction of sp³-hybridized carbons (Fsp3) is 0.480. The Labute approximate surface area is 200 Å². The van der Waals surface area contributed by atoms with E-state index in [2.05, 4.69) is 49.6 Å². The highest BCUT2D eigenvalue weighted by Crippen LogP contribution is 2.31. The van der Waals surface area contributed by atoms with Gasteiger partial charge in [0.2, 0.25) is 0 Å². The highest BCUT2D eigenvalue weighted by molar-refractivity contribution is 5.49. The monoisotopic (exact) mass is 464 g/mol. The Bertz CT molecular complexity index is 1040. The van der Waals surface area contributed by atoms with Gasteiger partial charge in [0.1, 0.15) is 11.5 Å². The molecule has 2 fully saturated rings. The van der Waals surface area contributed by atoms with Crippen LogP contribution in [-0.4, -0.2) is 78.2 Å². The summed E-state index contributed by atoms with van der Waals surface area (Å²) in [5, 5.41) is 12.9. The van der Waals surface area contributed by atoms with Crippen molar-refractivity contribution >= 4 is 5.69 Å². The fourth-order valence-corrected chi connectivity index (χ4v) is 4.86. The second kappa shape index (κ2) is 10.4. The number of tetrazole rings is 1. The van der Waals surface area contributed by atoms with Gasteiger partial charge >= 0.3 is 0 Å². The lowest BCUT2D eigenvalue weighted by atomic mass is 10.0. The molecular weight excluding hydrogens is 432 g/mol. The van der Waals surface area contributed by atoms with Crippen molar-refractivity contribution in [1.29, 1.82) is 0 Å². The highest BCUT2D eigenvalue weighted by Gasteiger charge is 2.31. The maximum atomic E-state index is 5.86. The number of piperazine rings is 1. The molecule has 2 aromatic carbocycles. The summed E-state index contributed by atoms with van der Waals surface area (Å²) in [5.41, 5.74) is 2.37. The smallest absolute Gasteiger partial charge is 0.173 e. The molecule has 3 aromatic rings. The molecular formula is C25H32N6O3. The molecule has 2 aliphatic heterocycles. The van der Waals surface area contributed by atoms with Crippen molar-refractivity contribution in [3.8, 4) is 11.5 Å². The molecule has 180 valence electrons. The summed E-state index contributed by atoms with van der Waals surface area (Å²) >= 11 is 0. The zero-order valence-corrected chi connectivity index (χ0v) is 19.8. The number of hydrogen-bond donors (Lipinski definition) is 0. The lowest BCUT2D eigenvalue weighted by molar-refractivity contribution is 0.0906. The summed E-state index contributed by atoms with van der Waals surface area (Å²) in [5.74, 6) is 2.57. The molecule has 0 amide bonds. The average molecular weight is 465 g/mol. The number of aromatic nitrogens is 4. The van der Waals surface area contributed by atoms with E-state index in [1.807, 2.05) is 28.9 Å². The number of nitrogens with zero attached hydrogens (tertiary/aromatic N) is 6. The lowest BCUT2D eigenvalue weighted by Crippen LogP contribution is -2.48. The van der Waals surface area contributed by atoms with Gasteiger partial charge in [-0.05, 0) is 65.2 Å². The molecule has 0 aliphatic carbocycles. The van der Waals surface area contributed by atoms with Gasteiger partial charge in [-0.2, -0.15) is 0 Å². The number of rotatable bonds is 8. The molecule has 0 radical (unpaired) electrons. The third-order valence-corrected chi connectivity index (χ3v) is 6.75. The normalized spacial score (nSPS) is 19.8. The Hall–Kier alpha value is -3.17. The molecule has 2 saturated heterocycles. The van der Waals surface area contributed by atoms with Gasteiger partial charge in [0.25, 0.3) is 0 Å². The molecule has 3 heterocycles. The van der Waals surface area contributed by atoms with Crippen molar-refractivity contribution in [2.45, 2.75) is 31.5 Å². The van der Waals surface area contributed by atoms with Gasteiger partial charge in [0.15, 0.2) is 5.82 Å². The first-order valence-corrected chi connectivity index (χ1v) is 11.9. The maximum Gasteiger partial charge on any atom is 0.173 e. The molecule has 5 rings (SSSR count). The van der Waals surface area contributed by atoms with Crippen LogP contribution in [-0.2, 0) is 11.3 Å². The lowest BCUT2D eigenvalue weighted by Gasteiger charge is -2.40. The third kappa shape index (κ3) is 4.85. The summed E-state index contributed by atoms with van der Waals surface area (Å²) in [6.45, 7) is 5.14. The zero-order chi connectivity index (χ0) is 23.3. The third-order valence-electron chi connectivity index (χ3n) is 6.75. The minimum atomic E-state index is -0.0414. The van der Waals surface area contributed by atoms with Crippen LogP contribution in [0.25, 0.3) is 0 Å². The second-order valence-electron chi connectivity index (χ2n) is 8.75. The van der Waals surface area contributed by atoms with Gasteiger partial charge in [-0.1, -0.05) is 12.1 Å². The van der Waals surface area contributed by atoms with Crippen molar-refractivity contribution < 1.29 is 14.2 Å². The molecule has 0 spiro atoms. The van der Waals surface area contributed by atoms with Crippen molar-refractivity contribution in [3.05, 3.63) is 59.9 Å². The average Bonchev–Trinajstić information content (AvgIpc) is 3.58. The van der Waals surface area contributed by atoms with E-state index in [-0.39, 0.29) is 12.1 Å². The predicted octanol–water partition coefficient (Wildman–Crippen LogP) is 2.78. The number of hydrogen-bond acceptors (Lipinski definition) is 8. The van der Waals surface area contributed by atoms with E-state index < -0.39 is 0 Å². The summed E-state index contributed by atoms with van der Waals surface area (Å²) in [4.78, 5) is 4.88. The van der Waals surface area contributed by atoms with E-state index in [9.17, 15) is 0 Å². The first-order chi connectivity index (χ1) is 16.7. The summed E-state index contributed by atoms with van der Waals surface area (Å²) in [7, 11) is 3.38. The number of ether oxygens (including phenoxy) is 3. The van der Waals surface area contributed by atoms with Crippen LogP contribution < -0.4 is 14.4 Å². The van der Waals surface area contributed by atoms with Crippen molar-refractivity contribution in [2.75, 3.05) is 51.9 Å². The van der Waals surface area contributed by atoms with Crippen LogP contribution in [0.3, 0.4) is 0 Å². The van der Waals surface area contributed by atoms with Crippen LogP contribution in [0.15, 0.2) is 48.5 Å². The Morgan fingerprint density at radius 1 is 0.941 bits per heavy atom. The van der Waals surface area contributed by atoms with E-state index >= 15 is 0 Å². The van der Waals surface area contributed by atoms with Gasteiger partial charge in [0, 0.05) is 38.5 Å². The van der Waals surface area contributed by atoms with Gasteiger partial charge < -0.3 is 19.1 Å². The molecule has 1 aromatic heterocycles. The number of benzene rings is 2. The molecule has 0 N–H and O–H groups in total. The predicted molar refractivity (Wildman–Crippen MR) is 128 cm³/mol. The topological polar surface area (TPSA) is 77.8 Å². The van der Waals surface area contributed by atoms with E-state index in [0.29, 0.717) is 6.54 Å². The zero-order valence-electron chi connectivity index (χ0n) is 19.8. The maximum absolute atomic E-state index is 5.86. The van der Waals surface area contributed by atoms with E-state index in [0.717, 1.165) is 68.5 Å². The minimum absolute atomic E-state index is 0.0414. The van der Waals surface area contributed by atoms with E-state index in [4.69, 9.17) is 14.2 Å². The van der Waals surface area contributed by atoms with Crippen molar-refractivity contribution in [3.63, 3.8) is 0 Å². The summed E-state index contributed by atoms with van der Waals surface area (Å²) in [6, 6.07) is 16.5. The van der Waals surface area contributed by atoms with Gasteiger partial charge in [-0.3, -0.25) is 4.90 Å². The summed E-state index contributed by atoms with van der Waals surface area (Å²) in [6.07, 6.45) is 2.32. The van der Waals surface area contributed by atoms with Crippen LogP contribution in [0.4, 0.5) is 5.69 Å². The van der Waals surface area contributed by atoms with Crippen LogP contribution in [0.5, 0.6) is 11.5 Å². The Kier molecular flexibility index (Phi) is 6.92. The van der Waals surface area contributed by atoms with Gasteiger partial charge in [-0.15, -0.1) is 5.10 Å². The van der Waals surface area contributed by atoms with Gasteiger partial charge in [-0.25, -0.2) is 4.68 Å². The van der Waals surface area contributed by atoms with E-state index in [1.165, 1.54) is 5.69 Å². The van der Waals surface area contributed by atoms with Crippen LogP contribution in [0.2, 0.25) is 0 Å². The van der Waals surface area contributed by atoms with Crippen LogP contribution >= 0.6 is 0 Å². The fourth-order valence-electron chi connectivity index (χ4n) is 4.86. The molecule has 2 aliphatic rings. The quantitative estimate of drug-likeness (QED) is 0.504. The minimum Gasteiger partial charge on any atom is -0.497 e. The molecule has 0 saturated carbocycles. The Morgan fingerprint density at radius 2 is 1.62 bits per heavy atom. The largest absolute Gasteiger partial charge is 0.497 e. The molecule has 0 bridgehead atoms. The highest BCUT2D eigenvalue weighted by atomic mass is 16.5. The van der Waals surface area contributed by atoms with Crippen molar-refractivity contribution in [2.24, 2.45) is 0 Å². The van der Waals surface area contributed by atoms with Crippen LogP contribution in [0, 0.1) is 0 Å². The Morgan fingerprint density at radius 3 is 2.24 bits per heavy atom. The van der Waals surface area contributed by atoms with E-state index in [1.54, 1.807) is 14.2 Å².